The number of nitrogens with zero attached hydrogens (tertiary/aromatic N) is 3. The zero-order valence-corrected chi connectivity index (χ0v) is 17.4. The summed E-state index contributed by atoms with van der Waals surface area (Å²) < 4.78 is 68.7. The van der Waals surface area contributed by atoms with Gasteiger partial charge in [0, 0.05) is 24.3 Å². The number of anilines is 1. The fourth-order valence-electron chi connectivity index (χ4n) is 3.66. The molecular formula is C19H23F3N4O3S. The molecule has 1 fully saturated rings. The van der Waals surface area contributed by atoms with Gasteiger partial charge in [0.1, 0.15) is 11.4 Å². The van der Waals surface area contributed by atoms with Crippen LogP contribution in [0.3, 0.4) is 0 Å². The lowest BCUT2D eigenvalue weighted by Crippen LogP contribution is -2.39. The summed E-state index contributed by atoms with van der Waals surface area (Å²) in [5.41, 5.74) is -1.13. The van der Waals surface area contributed by atoms with Gasteiger partial charge in [-0.1, -0.05) is 19.8 Å². The Morgan fingerprint density at radius 2 is 1.93 bits per heavy atom. The average Bonchev–Trinajstić information content (AvgIpc) is 2.66. The minimum absolute atomic E-state index is 0.0375. The fourth-order valence-corrected chi connectivity index (χ4v) is 4.94. The predicted molar refractivity (Wildman–Crippen MR) is 106 cm³/mol. The molecule has 0 atom stereocenters. The Bertz CT molecular complexity index is 981. The van der Waals surface area contributed by atoms with E-state index in [0.717, 1.165) is 36.2 Å². The Labute approximate surface area is 173 Å². The van der Waals surface area contributed by atoms with E-state index < -0.39 is 28.0 Å². The lowest BCUT2D eigenvalue weighted by molar-refractivity contribution is -0.141. The molecule has 1 amide bonds. The van der Waals surface area contributed by atoms with E-state index in [9.17, 15) is 26.4 Å². The number of carbonyl (C=O) groups is 1. The zero-order chi connectivity index (χ0) is 22.1. The van der Waals surface area contributed by atoms with Crippen molar-refractivity contribution in [2.24, 2.45) is 16.2 Å². The summed E-state index contributed by atoms with van der Waals surface area (Å²) in [5.74, 6) is -0.345. The number of hydrogen-bond acceptors (Lipinski definition) is 4. The topological polar surface area (TPSA) is 91.7 Å². The minimum atomic E-state index is -4.67. The van der Waals surface area contributed by atoms with Gasteiger partial charge in [0.05, 0.1) is 5.71 Å². The maximum absolute atomic E-state index is 12.9. The number of pyridine rings is 1. The van der Waals surface area contributed by atoms with Crippen molar-refractivity contribution in [2.75, 3.05) is 11.9 Å². The molecule has 7 nitrogen and oxygen atoms in total. The molecule has 0 radical (unpaired) electrons. The van der Waals surface area contributed by atoms with Gasteiger partial charge in [-0.05, 0) is 43.9 Å². The number of rotatable bonds is 4. The monoisotopic (exact) mass is 444 g/mol. The number of amides is 1. The largest absolute Gasteiger partial charge is 0.433 e. The highest BCUT2D eigenvalue weighted by Crippen LogP contribution is 2.33. The smallest absolute Gasteiger partial charge is 0.321 e. The molecule has 1 saturated carbocycles. The van der Waals surface area contributed by atoms with Crippen molar-refractivity contribution in [1.82, 2.24) is 9.29 Å². The van der Waals surface area contributed by atoms with E-state index in [2.05, 4.69) is 21.6 Å². The second-order valence-electron chi connectivity index (χ2n) is 7.53. The van der Waals surface area contributed by atoms with Gasteiger partial charge >= 0.3 is 16.4 Å². The SMILES string of the molecule is CCN1C(C(=O)Nc2ccnc(C(F)(F)F)c2)=CC(C2CCC(C)CC2)=NS1(=O)=O. The number of carbonyl (C=O) groups excluding carboxylic acids is 1. The van der Waals surface area contributed by atoms with Crippen LogP contribution in [0.2, 0.25) is 0 Å². The molecule has 2 aliphatic rings. The van der Waals surface area contributed by atoms with Crippen molar-refractivity contribution in [1.29, 1.82) is 0 Å². The van der Waals surface area contributed by atoms with Crippen LogP contribution >= 0.6 is 0 Å². The molecule has 1 N–H and O–H groups in total. The van der Waals surface area contributed by atoms with Gasteiger partial charge in [0.2, 0.25) is 0 Å². The van der Waals surface area contributed by atoms with Gasteiger partial charge in [0.15, 0.2) is 0 Å². The highest BCUT2D eigenvalue weighted by Gasteiger charge is 2.35. The Hall–Kier alpha value is -2.43. The molecular weight excluding hydrogens is 421 g/mol. The van der Waals surface area contributed by atoms with Crippen LogP contribution in [0.5, 0.6) is 0 Å². The normalized spacial score (nSPS) is 24.1. The van der Waals surface area contributed by atoms with Crippen LogP contribution < -0.4 is 5.32 Å². The van der Waals surface area contributed by atoms with E-state index in [-0.39, 0.29) is 23.8 Å². The third kappa shape index (κ3) is 4.82. The first-order valence-electron chi connectivity index (χ1n) is 9.70. The molecule has 0 bridgehead atoms. The molecule has 1 aliphatic carbocycles. The van der Waals surface area contributed by atoms with Crippen LogP contribution in [0.15, 0.2) is 34.5 Å². The van der Waals surface area contributed by atoms with E-state index in [1.165, 1.54) is 12.1 Å². The summed E-state index contributed by atoms with van der Waals surface area (Å²) in [7, 11) is -4.10. The molecule has 30 heavy (non-hydrogen) atoms. The standard InChI is InChI=1S/C19H23F3N4O3S/c1-3-26-16(18(27)24-14-8-9-23-17(10-14)19(20,21)22)11-15(25-30(26,28)29)13-6-4-12(2)5-7-13/h8-13H,3-7H2,1-2H3,(H,23,24,27). The highest BCUT2D eigenvalue weighted by atomic mass is 32.2. The summed E-state index contributed by atoms with van der Waals surface area (Å²) in [5, 5.41) is 2.35. The molecule has 1 aliphatic heterocycles. The van der Waals surface area contributed by atoms with Gasteiger partial charge < -0.3 is 5.32 Å². The average molecular weight is 444 g/mol. The lowest BCUT2D eigenvalue weighted by atomic mass is 9.80. The van der Waals surface area contributed by atoms with E-state index in [1.807, 2.05) is 0 Å². The number of allylic oxidation sites excluding steroid dienone is 1. The number of halogens is 3. The number of hydrogen-bond donors (Lipinski definition) is 1. The molecule has 11 heteroatoms. The summed E-state index contributed by atoms with van der Waals surface area (Å²) in [4.78, 5) is 16.1. The Kier molecular flexibility index (Phi) is 6.21. The van der Waals surface area contributed by atoms with E-state index >= 15 is 0 Å². The number of likely N-dealkylation sites (N-methyl/N-ethyl adjacent to an activating group) is 1. The second kappa shape index (κ2) is 8.37. The third-order valence-corrected chi connectivity index (χ3v) is 6.77. The van der Waals surface area contributed by atoms with Crippen LogP contribution in [0, 0.1) is 11.8 Å². The highest BCUT2D eigenvalue weighted by molar-refractivity contribution is 7.88. The molecule has 164 valence electrons. The van der Waals surface area contributed by atoms with E-state index in [1.54, 1.807) is 6.92 Å². The first-order valence-corrected chi connectivity index (χ1v) is 11.1. The molecule has 0 saturated heterocycles. The number of alkyl halides is 3. The van der Waals surface area contributed by atoms with Gasteiger partial charge in [-0.25, -0.2) is 4.31 Å². The Morgan fingerprint density at radius 1 is 1.27 bits per heavy atom. The quantitative estimate of drug-likeness (QED) is 0.765. The second-order valence-corrected chi connectivity index (χ2v) is 9.05. The van der Waals surface area contributed by atoms with Crippen molar-refractivity contribution in [3.05, 3.63) is 35.8 Å². The lowest BCUT2D eigenvalue weighted by Gasteiger charge is -2.31. The number of aromatic nitrogens is 1. The molecule has 0 aromatic carbocycles. The molecule has 2 heterocycles. The van der Waals surface area contributed by atoms with Gasteiger partial charge in [-0.2, -0.15) is 21.6 Å². The summed E-state index contributed by atoms with van der Waals surface area (Å²) in [6.07, 6.45) is 1.12. The predicted octanol–water partition coefficient (Wildman–Crippen LogP) is 3.77. The molecule has 0 unspecified atom stereocenters. The number of nitrogens with one attached hydrogen (secondary N) is 1. The third-order valence-electron chi connectivity index (χ3n) is 5.31. The van der Waals surface area contributed by atoms with Gasteiger partial charge in [-0.15, -0.1) is 4.40 Å². The van der Waals surface area contributed by atoms with Crippen molar-refractivity contribution < 1.29 is 26.4 Å². The van der Waals surface area contributed by atoms with Crippen molar-refractivity contribution in [3.63, 3.8) is 0 Å². The summed E-state index contributed by atoms with van der Waals surface area (Å²) >= 11 is 0. The summed E-state index contributed by atoms with van der Waals surface area (Å²) in [6.45, 7) is 3.65. The zero-order valence-electron chi connectivity index (χ0n) is 16.6. The Morgan fingerprint density at radius 3 is 2.53 bits per heavy atom. The van der Waals surface area contributed by atoms with Crippen molar-refractivity contribution >= 4 is 27.5 Å². The molecule has 0 spiro atoms. The van der Waals surface area contributed by atoms with Crippen molar-refractivity contribution in [3.8, 4) is 0 Å². The van der Waals surface area contributed by atoms with Crippen molar-refractivity contribution in [2.45, 2.75) is 45.7 Å². The first-order chi connectivity index (χ1) is 14.0. The van der Waals surface area contributed by atoms with Crippen LogP contribution in [0.25, 0.3) is 0 Å². The van der Waals surface area contributed by atoms with E-state index in [4.69, 9.17) is 0 Å². The first kappa shape index (κ1) is 22.3. The maximum atomic E-state index is 12.9. The van der Waals surface area contributed by atoms with Gasteiger partial charge in [-0.3, -0.25) is 9.78 Å². The summed E-state index contributed by atoms with van der Waals surface area (Å²) in [6, 6.07) is 1.91. The van der Waals surface area contributed by atoms with Crippen LogP contribution in [0.1, 0.15) is 45.2 Å². The van der Waals surface area contributed by atoms with Crippen LogP contribution in [-0.4, -0.2) is 35.9 Å². The molecule has 3 rings (SSSR count). The van der Waals surface area contributed by atoms with Gasteiger partial charge in [0.25, 0.3) is 5.91 Å². The van der Waals surface area contributed by atoms with Crippen LogP contribution in [0.4, 0.5) is 18.9 Å². The van der Waals surface area contributed by atoms with E-state index in [0.29, 0.717) is 17.7 Å². The minimum Gasteiger partial charge on any atom is -0.321 e. The maximum Gasteiger partial charge on any atom is 0.433 e. The Balaban J connectivity index is 1.89. The molecule has 1 aromatic heterocycles. The fraction of sp³-hybridized carbons (Fsp3) is 0.526. The molecule has 1 aromatic rings. The van der Waals surface area contributed by atoms with Crippen LogP contribution in [-0.2, 0) is 21.2 Å².